The average Bonchev–Trinajstić information content (AvgIpc) is 2.53. The van der Waals surface area contributed by atoms with Gasteiger partial charge in [0.25, 0.3) is 0 Å². The summed E-state index contributed by atoms with van der Waals surface area (Å²) in [5.41, 5.74) is 3.68. The summed E-state index contributed by atoms with van der Waals surface area (Å²) in [5, 5.41) is 12.1. The summed E-state index contributed by atoms with van der Waals surface area (Å²) in [6.45, 7) is 4.59. The zero-order valence-corrected chi connectivity index (χ0v) is 12.6. The Labute approximate surface area is 125 Å². The van der Waals surface area contributed by atoms with Gasteiger partial charge in [-0.1, -0.05) is 12.1 Å². The van der Waals surface area contributed by atoms with Gasteiger partial charge in [0, 0.05) is 12.2 Å². The Morgan fingerprint density at radius 3 is 2.81 bits per heavy atom. The lowest BCUT2D eigenvalue weighted by Crippen LogP contribution is -2.12. The van der Waals surface area contributed by atoms with Gasteiger partial charge < -0.3 is 10.1 Å². The summed E-state index contributed by atoms with van der Waals surface area (Å²) in [4.78, 5) is 3.95. The molecule has 0 saturated heterocycles. The molecule has 0 aliphatic heterocycles. The van der Waals surface area contributed by atoms with Gasteiger partial charge in [-0.25, -0.2) is 4.98 Å². The van der Waals surface area contributed by atoms with E-state index >= 15 is 0 Å². The number of aryl methyl sites for hydroxylation is 1. The molecule has 1 aromatic heterocycles. The van der Waals surface area contributed by atoms with E-state index in [-0.39, 0.29) is 0 Å². The van der Waals surface area contributed by atoms with Crippen LogP contribution >= 0.6 is 0 Å². The minimum absolute atomic E-state index is 0.316. The fraction of sp³-hybridized carbons (Fsp3) is 0.294. The van der Waals surface area contributed by atoms with E-state index in [1.807, 2.05) is 32.2 Å². The van der Waals surface area contributed by atoms with Crippen molar-refractivity contribution in [3.8, 4) is 11.8 Å². The highest BCUT2D eigenvalue weighted by molar-refractivity contribution is 5.37. The van der Waals surface area contributed by atoms with E-state index in [4.69, 9.17) is 10.00 Å². The highest BCUT2D eigenvalue weighted by Gasteiger charge is 2.06. The number of benzene rings is 1. The SMILES string of the molecule is CNC(C)c1ccc(OCc2ccnc(C#N)c2)c(C)c1. The fourth-order valence-electron chi connectivity index (χ4n) is 2.06. The molecule has 0 saturated carbocycles. The van der Waals surface area contributed by atoms with Crippen molar-refractivity contribution in [2.24, 2.45) is 0 Å². The summed E-state index contributed by atoms with van der Waals surface area (Å²) in [6.07, 6.45) is 1.63. The normalized spacial score (nSPS) is 11.7. The third-order valence-corrected chi connectivity index (χ3v) is 3.47. The molecule has 0 aliphatic rings. The van der Waals surface area contributed by atoms with Gasteiger partial charge in [-0.3, -0.25) is 0 Å². The van der Waals surface area contributed by atoms with Crippen LogP contribution in [0.5, 0.6) is 5.75 Å². The number of hydrogen-bond acceptors (Lipinski definition) is 4. The molecule has 108 valence electrons. The van der Waals surface area contributed by atoms with Crippen LogP contribution < -0.4 is 10.1 Å². The van der Waals surface area contributed by atoms with Crippen molar-refractivity contribution in [3.63, 3.8) is 0 Å². The van der Waals surface area contributed by atoms with E-state index in [1.165, 1.54) is 5.56 Å². The molecular formula is C17H19N3O. The van der Waals surface area contributed by atoms with Gasteiger partial charge in [0.2, 0.25) is 0 Å². The van der Waals surface area contributed by atoms with Crippen molar-refractivity contribution in [2.75, 3.05) is 7.05 Å². The summed E-state index contributed by atoms with van der Waals surface area (Å²) >= 11 is 0. The predicted molar refractivity (Wildman–Crippen MR) is 81.9 cm³/mol. The predicted octanol–water partition coefficient (Wildman–Crippen LogP) is 3.12. The van der Waals surface area contributed by atoms with Crippen LogP contribution in [0, 0.1) is 18.3 Å². The van der Waals surface area contributed by atoms with Gasteiger partial charge in [0.15, 0.2) is 0 Å². The number of aromatic nitrogens is 1. The smallest absolute Gasteiger partial charge is 0.140 e. The third-order valence-electron chi connectivity index (χ3n) is 3.47. The Balaban J connectivity index is 2.08. The molecule has 4 nitrogen and oxygen atoms in total. The monoisotopic (exact) mass is 281 g/mol. The van der Waals surface area contributed by atoms with Crippen LogP contribution in [0.2, 0.25) is 0 Å². The van der Waals surface area contributed by atoms with Crippen LogP contribution in [0.1, 0.15) is 35.3 Å². The van der Waals surface area contributed by atoms with Crippen LogP contribution in [0.15, 0.2) is 36.5 Å². The Bertz CT molecular complexity index is 661. The molecule has 0 bridgehead atoms. The fourth-order valence-corrected chi connectivity index (χ4v) is 2.06. The number of pyridine rings is 1. The number of hydrogen-bond donors (Lipinski definition) is 1. The summed E-state index contributed by atoms with van der Waals surface area (Å²) in [7, 11) is 1.95. The molecule has 0 aliphatic carbocycles. The lowest BCUT2D eigenvalue weighted by molar-refractivity contribution is 0.304. The van der Waals surface area contributed by atoms with Gasteiger partial charge in [0.05, 0.1) is 0 Å². The van der Waals surface area contributed by atoms with Crippen molar-refractivity contribution in [1.29, 1.82) is 5.26 Å². The highest BCUT2D eigenvalue weighted by Crippen LogP contribution is 2.23. The number of nitrogens with one attached hydrogen (secondary N) is 1. The van der Waals surface area contributed by atoms with Gasteiger partial charge in [0.1, 0.15) is 24.1 Å². The highest BCUT2D eigenvalue weighted by atomic mass is 16.5. The Hall–Kier alpha value is -2.38. The molecule has 1 N–H and O–H groups in total. The number of nitriles is 1. The van der Waals surface area contributed by atoms with Gasteiger partial charge in [-0.05, 0) is 55.8 Å². The minimum atomic E-state index is 0.316. The Kier molecular flexibility index (Phi) is 4.91. The first-order valence-electron chi connectivity index (χ1n) is 6.89. The van der Waals surface area contributed by atoms with E-state index in [0.29, 0.717) is 18.3 Å². The van der Waals surface area contributed by atoms with E-state index in [1.54, 1.807) is 12.3 Å². The van der Waals surface area contributed by atoms with Crippen molar-refractivity contribution < 1.29 is 4.74 Å². The molecule has 4 heteroatoms. The second kappa shape index (κ2) is 6.87. The maximum absolute atomic E-state index is 8.84. The topological polar surface area (TPSA) is 57.9 Å². The average molecular weight is 281 g/mol. The molecular weight excluding hydrogens is 262 g/mol. The molecule has 1 aromatic carbocycles. The lowest BCUT2D eigenvalue weighted by Gasteiger charge is -2.14. The Morgan fingerprint density at radius 1 is 1.33 bits per heavy atom. The first-order chi connectivity index (χ1) is 10.1. The van der Waals surface area contributed by atoms with Gasteiger partial charge in [-0.15, -0.1) is 0 Å². The zero-order valence-electron chi connectivity index (χ0n) is 12.6. The van der Waals surface area contributed by atoms with E-state index in [0.717, 1.165) is 16.9 Å². The molecule has 21 heavy (non-hydrogen) atoms. The Morgan fingerprint density at radius 2 is 2.14 bits per heavy atom. The number of nitrogens with zero attached hydrogens (tertiary/aromatic N) is 2. The maximum atomic E-state index is 8.84. The van der Waals surface area contributed by atoms with Crippen molar-refractivity contribution in [3.05, 3.63) is 58.9 Å². The first kappa shape index (κ1) is 15.0. The molecule has 1 unspecified atom stereocenters. The lowest BCUT2D eigenvalue weighted by atomic mass is 10.1. The molecule has 0 fully saturated rings. The molecule has 1 atom stereocenters. The molecule has 2 aromatic rings. The van der Waals surface area contributed by atoms with Crippen molar-refractivity contribution in [1.82, 2.24) is 10.3 Å². The summed E-state index contributed by atoms with van der Waals surface area (Å²) < 4.78 is 5.83. The number of rotatable bonds is 5. The van der Waals surface area contributed by atoms with Gasteiger partial charge in [-0.2, -0.15) is 5.26 Å². The molecule has 1 heterocycles. The van der Waals surface area contributed by atoms with Crippen LogP contribution in [-0.2, 0) is 6.61 Å². The zero-order chi connectivity index (χ0) is 15.2. The maximum Gasteiger partial charge on any atom is 0.140 e. The largest absolute Gasteiger partial charge is 0.489 e. The standard InChI is InChI=1S/C17H19N3O/c1-12-8-15(13(2)19-3)4-5-17(12)21-11-14-6-7-20-16(9-14)10-18/h4-9,13,19H,11H2,1-3H3. The molecule has 0 amide bonds. The van der Waals surface area contributed by atoms with Crippen molar-refractivity contribution >= 4 is 0 Å². The van der Waals surface area contributed by atoms with Crippen molar-refractivity contribution in [2.45, 2.75) is 26.5 Å². The van der Waals surface area contributed by atoms with Crippen LogP contribution in [0.3, 0.4) is 0 Å². The van der Waals surface area contributed by atoms with Crippen LogP contribution in [-0.4, -0.2) is 12.0 Å². The third kappa shape index (κ3) is 3.80. The number of ether oxygens (including phenoxy) is 1. The van der Waals surface area contributed by atoms with Crippen LogP contribution in [0.4, 0.5) is 0 Å². The van der Waals surface area contributed by atoms with E-state index in [9.17, 15) is 0 Å². The molecule has 0 spiro atoms. The van der Waals surface area contributed by atoms with Gasteiger partial charge >= 0.3 is 0 Å². The molecule has 2 rings (SSSR count). The molecule has 0 radical (unpaired) electrons. The minimum Gasteiger partial charge on any atom is -0.489 e. The first-order valence-corrected chi connectivity index (χ1v) is 6.89. The second-order valence-corrected chi connectivity index (χ2v) is 4.99. The second-order valence-electron chi connectivity index (χ2n) is 4.99. The summed E-state index contributed by atoms with van der Waals surface area (Å²) in [6, 6.07) is 12.1. The van der Waals surface area contributed by atoms with E-state index < -0.39 is 0 Å². The van der Waals surface area contributed by atoms with E-state index in [2.05, 4.69) is 29.4 Å². The quantitative estimate of drug-likeness (QED) is 0.914. The summed E-state index contributed by atoms with van der Waals surface area (Å²) in [5.74, 6) is 0.859. The van der Waals surface area contributed by atoms with Crippen LogP contribution in [0.25, 0.3) is 0 Å².